The molecular weight excluding hydrogens is 124 g/mol. The van der Waals surface area contributed by atoms with E-state index in [1.807, 2.05) is 14.0 Å². The lowest BCUT2D eigenvalue weighted by atomic mass is 10.0. The van der Waals surface area contributed by atoms with Gasteiger partial charge in [-0.15, -0.1) is 0 Å². The Bertz CT molecular complexity index is 145. The van der Waals surface area contributed by atoms with Crippen molar-refractivity contribution >= 4 is 6.21 Å². The first-order valence-corrected chi connectivity index (χ1v) is 3.52. The molecule has 0 heterocycles. The first-order valence-electron chi connectivity index (χ1n) is 3.52. The predicted octanol–water partition coefficient (Wildman–Crippen LogP) is 1.79. The van der Waals surface area contributed by atoms with Crippen molar-refractivity contribution < 1.29 is 0 Å². The van der Waals surface area contributed by atoms with Crippen LogP contribution in [0.4, 0.5) is 0 Å². The number of hydrogen-bond donors (Lipinski definition) is 2. The van der Waals surface area contributed by atoms with Crippen molar-refractivity contribution in [2.75, 3.05) is 7.05 Å². The van der Waals surface area contributed by atoms with Crippen molar-refractivity contribution in [3.8, 4) is 0 Å². The summed E-state index contributed by atoms with van der Waals surface area (Å²) in [5.41, 5.74) is 2.16. The quantitative estimate of drug-likeness (QED) is 0.576. The minimum Gasteiger partial charge on any atom is -0.391 e. The molecule has 0 spiro atoms. The lowest BCUT2D eigenvalue weighted by Gasteiger charge is -2.09. The zero-order valence-electron chi connectivity index (χ0n) is 7.15. The molecular formula is C8H16N2. The van der Waals surface area contributed by atoms with E-state index >= 15 is 0 Å². The first kappa shape index (κ1) is 9.21. The van der Waals surface area contributed by atoms with Crippen molar-refractivity contribution in [2.24, 2.45) is 5.92 Å². The number of allylic oxidation sites excluding steroid dienone is 2. The van der Waals surface area contributed by atoms with E-state index in [4.69, 9.17) is 5.41 Å². The standard InChI is InChI=1S/C8H16N2/c1-6(2)8(5-9)7(3)10-4/h5-6,9-10H,1-4H3/b8-7+,9-5?. The third kappa shape index (κ3) is 2.21. The van der Waals surface area contributed by atoms with Crippen molar-refractivity contribution in [1.82, 2.24) is 5.32 Å². The smallest absolute Gasteiger partial charge is 0.0229 e. The van der Waals surface area contributed by atoms with Crippen LogP contribution in [-0.4, -0.2) is 13.3 Å². The highest BCUT2D eigenvalue weighted by Crippen LogP contribution is 2.09. The van der Waals surface area contributed by atoms with Crippen molar-refractivity contribution in [3.63, 3.8) is 0 Å². The van der Waals surface area contributed by atoms with Gasteiger partial charge in [-0.3, -0.25) is 0 Å². The van der Waals surface area contributed by atoms with E-state index in [1.54, 1.807) is 0 Å². The second kappa shape index (κ2) is 4.09. The molecule has 0 fully saturated rings. The largest absolute Gasteiger partial charge is 0.391 e. The Kier molecular flexibility index (Phi) is 3.77. The zero-order chi connectivity index (χ0) is 8.15. The van der Waals surface area contributed by atoms with Gasteiger partial charge < -0.3 is 10.7 Å². The SMILES string of the molecule is CN/C(C)=C(\C=N)C(C)C. The fraction of sp³-hybridized carbons (Fsp3) is 0.625. The third-order valence-corrected chi connectivity index (χ3v) is 1.59. The van der Waals surface area contributed by atoms with E-state index < -0.39 is 0 Å². The molecule has 0 atom stereocenters. The highest BCUT2D eigenvalue weighted by atomic mass is 14.8. The predicted molar refractivity (Wildman–Crippen MR) is 45.4 cm³/mol. The van der Waals surface area contributed by atoms with Crippen LogP contribution in [0.3, 0.4) is 0 Å². The summed E-state index contributed by atoms with van der Waals surface area (Å²) in [6.07, 6.45) is 1.41. The Hall–Kier alpha value is -0.790. The van der Waals surface area contributed by atoms with Crippen LogP contribution >= 0.6 is 0 Å². The van der Waals surface area contributed by atoms with Gasteiger partial charge >= 0.3 is 0 Å². The molecule has 58 valence electrons. The zero-order valence-corrected chi connectivity index (χ0v) is 7.15. The van der Waals surface area contributed by atoms with Crippen LogP contribution in [0.1, 0.15) is 20.8 Å². The van der Waals surface area contributed by atoms with Gasteiger partial charge in [-0.2, -0.15) is 0 Å². The van der Waals surface area contributed by atoms with Crippen molar-refractivity contribution in [3.05, 3.63) is 11.3 Å². The second-order valence-electron chi connectivity index (χ2n) is 2.63. The van der Waals surface area contributed by atoms with Crippen LogP contribution < -0.4 is 5.32 Å². The van der Waals surface area contributed by atoms with E-state index in [-0.39, 0.29) is 0 Å². The number of rotatable bonds is 3. The Labute approximate surface area is 62.8 Å². The van der Waals surface area contributed by atoms with Crippen LogP contribution in [-0.2, 0) is 0 Å². The molecule has 0 aromatic rings. The lowest BCUT2D eigenvalue weighted by molar-refractivity contribution is 0.775. The molecule has 0 aliphatic carbocycles. The van der Waals surface area contributed by atoms with Gasteiger partial charge in [0.2, 0.25) is 0 Å². The monoisotopic (exact) mass is 140 g/mol. The minimum absolute atomic E-state index is 0.435. The van der Waals surface area contributed by atoms with Gasteiger partial charge in [-0.05, 0) is 18.4 Å². The van der Waals surface area contributed by atoms with E-state index in [0.717, 1.165) is 11.3 Å². The van der Waals surface area contributed by atoms with Gasteiger partial charge in [-0.1, -0.05) is 13.8 Å². The van der Waals surface area contributed by atoms with Gasteiger partial charge in [0, 0.05) is 19.0 Å². The van der Waals surface area contributed by atoms with Crippen molar-refractivity contribution in [2.45, 2.75) is 20.8 Å². The normalized spacial score (nSPS) is 12.9. The second-order valence-corrected chi connectivity index (χ2v) is 2.63. The van der Waals surface area contributed by atoms with Gasteiger partial charge in [0.1, 0.15) is 0 Å². The maximum Gasteiger partial charge on any atom is 0.0229 e. The molecule has 0 rings (SSSR count). The van der Waals surface area contributed by atoms with Crippen LogP contribution in [0.15, 0.2) is 11.3 Å². The van der Waals surface area contributed by atoms with E-state index in [9.17, 15) is 0 Å². The summed E-state index contributed by atoms with van der Waals surface area (Å²) in [4.78, 5) is 0. The molecule has 10 heavy (non-hydrogen) atoms. The number of nitrogens with one attached hydrogen (secondary N) is 2. The first-order chi connectivity index (χ1) is 4.63. The molecule has 2 nitrogen and oxygen atoms in total. The molecule has 0 aromatic carbocycles. The molecule has 2 N–H and O–H groups in total. The highest BCUT2D eigenvalue weighted by molar-refractivity contribution is 5.77. The van der Waals surface area contributed by atoms with Gasteiger partial charge in [-0.25, -0.2) is 0 Å². The minimum atomic E-state index is 0.435. The molecule has 0 radical (unpaired) electrons. The third-order valence-electron chi connectivity index (χ3n) is 1.59. The van der Waals surface area contributed by atoms with Crippen LogP contribution in [0.5, 0.6) is 0 Å². The summed E-state index contributed by atoms with van der Waals surface area (Å²) in [6.45, 7) is 6.16. The number of hydrogen-bond acceptors (Lipinski definition) is 2. The molecule has 0 unspecified atom stereocenters. The molecule has 0 aliphatic heterocycles. The van der Waals surface area contributed by atoms with Crippen LogP contribution in [0, 0.1) is 11.3 Å². The van der Waals surface area contributed by atoms with Crippen LogP contribution in [0.2, 0.25) is 0 Å². The van der Waals surface area contributed by atoms with Gasteiger partial charge in [0.05, 0.1) is 0 Å². The topological polar surface area (TPSA) is 35.9 Å². The van der Waals surface area contributed by atoms with Gasteiger partial charge in [0.15, 0.2) is 0 Å². The molecule has 0 bridgehead atoms. The molecule has 0 saturated carbocycles. The van der Waals surface area contributed by atoms with E-state index in [2.05, 4.69) is 19.2 Å². The highest BCUT2D eigenvalue weighted by Gasteiger charge is 2.01. The fourth-order valence-electron chi connectivity index (χ4n) is 0.852. The Morgan fingerprint density at radius 3 is 2.10 bits per heavy atom. The Morgan fingerprint density at radius 2 is 2.00 bits per heavy atom. The summed E-state index contributed by atoms with van der Waals surface area (Å²) in [5.74, 6) is 0.435. The summed E-state index contributed by atoms with van der Waals surface area (Å²) >= 11 is 0. The van der Waals surface area contributed by atoms with E-state index in [1.165, 1.54) is 6.21 Å². The molecule has 0 aliphatic rings. The van der Waals surface area contributed by atoms with E-state index in [0.29, 0.717) is 5.92 Å². The average molecular weight is 140 g/mol. The van der Waals surface area contributed by atoms with Crippen LogP contribution in [0.25, 0.3) is 0 Å². The fourth-order valence-corrected chi connectivity index (χ4v) is 0.852. The summed E-state index contributed by atoms with van der Waals surface area (Å²) in [5, 5.41) is 10.1. The Balaban J connectivity index is 4.45. The summed E-state index contributed by atoms with van der Waals surface area (Å²) in [7, 11) is 1.88. The van der Waals surface area contributed by atoms with Gasteiger partial charge in [0.25, 0.3) is 0 Å². The summed E-state index contributed by atoms with van der Waals surface area (Å²) in [6, 6.07) is 0. The molecule has 0 saturated heterocycles. The molecule has 0 amide bonds. The Morgan fingerprint density at radius 1 is 1.50 bits per heavy atom. The average Bonchev–Trinajstić information content (AvgIpc) is 1.88. The molecule has 0 aromatic heterocycles. The molecule has 2 heteroatoms. The maximum atomic E-state index is 7.10. The van der Waals surface area contributed by atoms with Crippen molar-refractivity contribution in [1.29, 1.82) is 5.41 Å². The summed E-state index contributed by atoms with van der Waals surface area (Å²) < 4.78 is 0. The maximum absolute atomic E-state index is 7.10. The lowest BCUT2D eigenvalue weighted by Crippen LogP contribution is -2.09.